The summed E-state index contributed by atoms with van der Waals surface area (Å²) >= 11 is 3.01. The highest BCUT2D eigenvalue weighted by molar-refractivity contribution is 9.09. The fraction of sp³-hybridized carbons (Fsp3) is 0.600. The van der Waals surface area contributed by atoms with Gasteiger partial charge in [-0.15, -0.1) is 12.8 Å². The lowest BCUT2D eigenvalue weighted by atomic mass is 10.3. The van der Waals surface area contributed by atoms with Crippen molar-refractivity contribution < 1.29 is 0 Å². The first kappa shape index (κ1) is 14.1. The molecule has 0 saturated carbocycles. The average molecular weight is 230 g/mol. The molecule has 2 heteroatoms. The van der Waals surface area contributed by atoms with Gasteiger partial charge < -0.3 is 0 Å². The van der Waals surface area contributed by atoms with Crippen molar-refractivity contribution in [1.82, 2.24) is 4.90 Å². The Labute approximate surface area is 84.7 Å². The zero-order valence-corrected chi connectivity index (χ0v) is 9.56. The third-order valence-electron chi connectivity index (χ3n) is 1.30. The fourth-order valence-corrected chi connectivity index (χ4v) is 0.327. The summed E-state index contributed by atoms with van der Waals surface area (Å²) in [5.74, 6) is 4.92. The molecule has 0 bridgehead atoms. The lowest BCUT2D eigenvalue weighted by Gasteiger charge is -2.16. The van der Waals surface area contributed by atoms with Gasteiger partial charge in [0.25, 0.3) is 0 Å². The zero-order chi connectivity index (χ0) is 9.98. The summed E-state index contributed by atoms with van der Waals surface area (Å²) in [5.41, 5.74) is 0. The Morgan fingerprint density at radius 3 is 1.83 bits per heavy atom. The van der Waals surface area contributed by atoms with Crippen molar-refractivity contribution in [3.8, 4) is 24.7 Å². The molecule has 68 valence electrons. The molecule has 0 rings (SSSR count). The van der Waals surface area contributed by atoms with Crippen LogP contribution in [-0.2, 0) is 0 Å². The van der Waals surface area contributed by atoms with E-state index < -0.39 is 0 Å². The number of nitrogens with zero attached hydrogens (tertiary/aromatic N) is 1. The van der Waals surface area contributed by atoms with Gasteiger partial charge in [0.05, 0.1) is 11.9 Å². The van der Waals surface area contributed by atoms with Gasteiger partial charge in [-0.2, -0.15) is 0 Å². The molecule has 0 saturated heterocycles. The minimum Gasteiger partial charge on any atom is -0.293 e. The van der Waals surface area contributed by atoms with Gasteiger partial charge in [0.15, 0.2) is 0 Å². The van der Waals surface area contributed by atoms with Gasteiger partial charge in [0, 0.05) is 6.04 Å². The van der Waals surface area contributed by atoms with Gasteiger partial charge in [-0.25, -0.2) is 0 Å². The third kappa shape index (κ3) is 12.3. The van der Waals surface area contributed by atoms with E-state index in [4.69, 9.17) is 12.8 Å². The Balaban J connectivity index is 0. The van der Waals surface area contributed by atoms with Crippen molar-refractivity contribution in [2.24, 2.45) is 0 Å². The number of rotatable bonds is 2. The first-order valence-electron chi connectivity index (χ1n) is 3.73. The Morgan fingerprint density at radius 1 is 1.33 bits per heavy atom. The molecular formula is C10H16BrN. The van der Waals surface area contributed by atoms with E-state index in [9.17, 15) is 0 Å². The van der Waals surface area contributed by atoms with Crippen LogP contribution in [0.4, 0.5) is 0 Å². The van der Waals surface area contributed by atoms with Crippen LogP contribution in [0.2, 0.25) is 0 Å². The van der Waals surface area contributed by atoms with Crippen molar-refractivity contribution in [3.05, 3.63) is 0 Å². The Bertz CT molecular complexity index is 162. The van der Waals surface area contributed by atoms with E-state index in [2.05, 4.69) is 46.5 Å². The monoisotopic (exact) mass is 229 g/mol. The van der Waals surface area contributed by atoms with Crippen molar-refractivity contribution in [3.63, 3.8) is 0 Å². The molecule has 1 nitrogen and oxygen atoms in total. The molecular weight excluding hydrogens is 214 g/mol. The predicted octanol–water partition coefficient (Wildman–Crippen LogP) is 1.97. The van der Waals surface area contributed by atoms with Gasteiger partial charge in [0.2, 0.25) is 0 Å². The van der Waals surface area contributed by atoms with Crippen LogP contribution in [0, 0.1) is 24.7 Å². The number of hydrogen-bond acceptors (Lipinski definition) is 1. The maximum Gasteiger partial charge on any atom is 0.0642 e. The normalized spacial score (nSPS) is 8.33. The van der Waals surface area contributed by atoms with Crippen LogP contribution >= 0.6 is 15.9 Å². The summed E-state index contributed by atoms with van der Waals surface area (Å²) in [6.45, 7) is 4.99. The quantitative estimate of drug-likeness (QED) is 0.518. The van der Waals surface area contributed by atoms with Crippen LogP contribution in [0.15, 0.2) is 0 Å². The average Bonchev–Trinajstić information content (AvgIpc) is 2.05. The topological polar surface area (TPSA) is 3.24 Å². The highest BCUT2D eigenvalue weighted by Gasteiger charge is 1.97. The number of alkyl halides is 1. The molecule has 0 aromatic heterocycles. The second kappa shape index (κ2) is 10.6. The molecule has 0 N–H and O–H groups in total. The molecule has 0 aromatic carbocycles. The Morgan fingerprint density at radius 2 is 1.75 bits per heavy atom. The van der Waals surface area contributed by atoms with E-state index in [1.165, 1.54) is 0 Å². The van der Waals surface area contributed by atoms with Crippen LogP contribution in [0.1, 0.15) is 13.8 Å². The minimum atomic E-state index is 0.561. The minimum absolute atomic E-state index is 0.561. The van der Waals surface area contributed by atoms with Crippen molar-refractivity contribution >= 4 is 15.9 Å². The van der Waals surface area contributed by atoms with Gasteiger partial charge in [-0.1, -0.05) is 27.8 Å². The standard InChI is InChI=1S/C7H13N.C3H3Br/c1-5-6-8(4)7(2)3;1-2-3-4/h1,7H,6H2,2-4H3;1H,3H2. The molecule has 0 unspecified atom stereocenters. The zero-order valence-electron chi connectivity index (χ0n) is 7.97. The lowest BCUT2D eigenvalue weighted by molar-refractivity contribution is 0.308. The number of hydrogen-bond donors (Lipinski definition) is 0. The fourth-order valence-electron chi connectivity index (χ4n) is 0.327. The molecule has 0 amide bonds. The molecule has 0 heterocycles. The molecule has 0 aliphatic carbocycles. The molecule has 0 fully saturated rings. The van der Waals surface area contributed by atoms with E-state index in [0.717, 1.165) is 6.54 Å². The van der Waals surface area contributed by atoms with Crippen LogP contribution < -0.4 is 0 Å². The second-order valence-electron chi connectivity index (χ2n) is 2.55. The lowest BCUT2D eigenvalue weighted by Crippen LogP contribution is -2.26. The largest absolute Gasteiger partial charge is 0.293 e. The van der Waals surface area contributed by atoms with Crippen LogP contribution in [0.25, 0.3) is 0 Å². The number of halogens is 1. The molecule has 12 heavy (non-hydrogen) atoms. The maximum atomic E-state index is 5.08. The molecule has 0 atom stereocenters. The summed E-state index contributed by atoms with van der Waals surface area (Å²) in [6, 6.07) is 0.561. The first-order valence-corrected chi connectivity index (χ1v) is 4.85. The smallest absolute Gasteiger partial charge is 0.0642 e. The molecule has 0 aliphatic heterocycles. The van der Waals surface area contributed by atoms with Crippen molar-refractivity contribution in [1.29, 1.82) is 0 Å². The SMILES string of the molecule is C#CCBr.C#CCN(C)C(C)C. The van der Waals surface area contributed by atoms with E-state index in [0.29, 0.717) is 11.4 Å². The van der Waals surface area contributed by atoms with Crippen LogP contribution in [0.5, 0.6) is 0 Å². The summed E-state index contributed by atoms with van der Waals surface area (Å²) < 4.78 is 0. The second-order valence-corrected chi connectivity index (χ2v) is 3.11. The van der Waals surface area contributed by atoms with Gasteiger partial charge in [-0.3, -0.25) is 4.90 Å². The third-order valence-corrected chi connectivity index (χ3v) is 1.62. The van der Waals surface area contributed by atoms with E-state index in [-0.39, 0.29) is 0 Å². The van der Waals surface area contributed by atoms with E-state index in [1.54, 1.807) is 0 Å². The van der Waals surface area contributed by atoms with Crippen molar-refractivity contribution in [2.75, 3.05) is 18.9 Å². The summed E-state index contributed by atoms with van der Waals surface area (Å²) in [7, 11) is 2.02. The van der Waals surface area contributed by atoms with E-state index >= 15 is 0 Å². The Kier molecular flexibility index (Phi) is 12.4. The molecule has 0 aromatic rings. The predicted molar refractivity (Wildman–Crippen MR) is 59.2 cm³/mol. The highest BCUT2D eigenvalue weighted by Crippen LogP contribution is 1.89. The van der Waals surface area contributed by atoms with Crippen molar-refractivity contribution in [2.45, 2.75) is 19.9 Å². The highest BCUT2D eigenvalue weighted by atomic mass is 79.9. The molecule has 0 aliphatic rings. The van der Waals surface area contributed by atoms with Gasteiger partial charge in [0.1, 0.15) is 0 Å². The summed E-state index contributed by atoms with van der Waals surface area (Å²) in [4.78, 5) is 2.11. The summed E-state index contributed by atoms with van der Waals surface area (Å²) in [6.07, 6.45) is 9.81. The van der Waals surface area contributed by atoms with Gasteiger partial charge in [-0.05, 0) is 20.9 Å². The van der Waals surface area contributed by atoms with Crippen LogP contribution in [-0.4, -0.2) is 29.9 Å². The molecule has 0 spiro atoms. The Hall–Kier alpha value is -0.440. The first-order chi connectivity index (χ1) is 5.59. The van der Waals surface area contributed by atoms with Crippen LogP contribution in [0.3, 0.4) is 0 Å². The van der Waals surface area contributed by atoms with E-state index in [1.807, 2.05) is 7.05 Å². The maximum absolute atomic E-state index is 5.08. The summed E-state index contributed by atoms with van der Waals surface area (Å²) in [5, 5.41) is 0.660. The van der Waals surface area contributed by atoms with Gasteiger partial charge >= 0.3 is 0 Å². The number of terminal acetylenes is 2. The molecule has 0 radical (unpaired) electrons.